The molecule has 1 aromatic rings. The minimum absolute atomic E-state index is 0.216. The number of imide groups is 1. The number of amides is 2. The molecule has 0 N–H and O–H groups in total. The van der Waals surface area contributed by atoms with E-state index in [1.165, 1.54) is 10.5 Å². The molecular formula is C19H21NO3. The Morgan fingerprint density at radius 2 is 1.48 bits per heavy atom. The van der Waals surface area contributed by atoms with Crippen LogP contribution in [0.4, 0.5) is 5.69 Å². The normalized spacial score (nSPS) is 30.0. The van der Waals surface area contributed by atoms with Crippen LogP contribution in [0.3, 0.4) is 0 Å². The molecule has 4 nitrogen and oxygen atoms in total. The van der Waals surface area contributed by atoms with Crippen LogP contribution in [0.2, 0.25) is 0 Å². The van der Waals surface area contributed by atoms with Gasteiger partial charge in [0.25, 0.3) is 0 Å². The maximum Gasteiger partial charge on any atom is 0.240 e. The lowest BCUT2D eigenvalue weighted by molar-refractivity contribution is -0.124. The minimum atomic E-state index is -0.507. The van der Waals surface area contributed by atoms with Crippen LogP contribution in [0.15, 0.2) is 49.6 Å². The molecule has 4 atom stereocenters. The molecule has 0 spiro atoms. The molecule has 2 heterocycles. The van der Waals surface area contributed by atoms with E-state index in [9.17, 15) is 9.59 Å². The highest BCUT2D eigenvalue weighted by Gasteiger charge is 2.58. The van der Waals surface area contributed by atoms with Crippen LogP contribution in [-0.2, 0) is 14.3 Å². The number of nitrogens with zero attached hydrogens (tertiary/aromatic N) is 1. The van der Waals surface area contributed by atoms with Gasteiger partial charge in [0.1, 0.15) is 0 Å². The number of hydrogen-bond acceptors (Lipinski definition) is 3. The Morgan fingerprint density at radius 1 is 1.00 bits per heavy atom. The third kappa shape index (κ3) is 2.34. The second-order valence-corrected chi connectivity index (χ2v) is 6.35. The van der Waals surface area contributed by atoms with Crippen LogP contribution in [-0.4, -0.2) is 24.0 Å². The number of anilines is 1. The van der Waals surface area contributed by atoms with Gasteiger partial charge in [-0.25, -0.2) is 4.90 Å². The zero-order valence-corrected chi connectivity index (χ0v) is 13.4. The largest absolute Gasteiger partial charge is 0.365 e. The van der Waals surface area contributed by atoms with Crippen molar-refractivity contribution in [1.29, 1.82) is 0 Å². The number of fused-ring (bicyclic) bond motifs is 1. The van der Waals surface area contributed by atoms with Gasteiger partial charge < -0.3 is 4.74 Å². The summed E-state index contributed by atoms with van der Waals surface area (Å²) in [5.41, 5.74) is 1.79. The maximum atomic E-state index is 12.8. The summed E-state index contributed by atoms with van der Waals surface area (Å²) < 4.78 is 5.70. The lowest BCUT2D eigenvalue weighted by Crippen LogP contribution is -2.35. The first-order valence-electron chi connectivity index (χ1n) is 7.88. The Balaban J connectivity index is 1.95. The first kappa shape index (κ1) is 15.7. The van der Waals surface area contributed by atoms with E-state index in [2.05, 4.69) is 27.0 Å². The number of carbonyl (C=O) groups is 2. The lowest BCUT2D eigenvalue weighted by atomic mass is 9.89. The molecule has 2 aliphatic heterocycles. The number of rotatable bonds is 4. The summed E-state index contributed by atoms with van der Waals surface area (Å²) in [5, 5.41) is 0. The minimum Gasteiger partial charge on any atom is -0.365 e. The van der Waals surface area contributed by atoms with Crippen molar-refractivity contribution in [2.75, 3.05) is 4.90 Å². The van der Waals surface area contributed by atoms with Gasteiger partial charge in [-0.1, -0.05) is 38.1 Å². The number of carbonyl (C=O) groups excluding carboxylic acids is 2. The summed E-state index contributed by atoms with van der Waals surface area (Å²) in [6.45, 7) is 11.6. The van der Waals surface area contributed by atoms with Gasteiger partial charge >= 0.3 is 0 Å². The molecule has 0 saturated carbocycles. The second kappa shape index (κ2) is 5.78. The van der Waals surface area contributed by atoms with E-state index >= 15 is 0 Å². The third-order valence-electron chi connectivity index (χ3n) is 4.70. The standard InChI is InChI=1S/C19H21NO3/c1-5-14-16-17(15(6-2)23-14)19(22)20(18(16)21)13-9-7-12(8-10-13)11(3)4/h5-11,14-17H,1-2H2,3-4H3. The Labute approximate surface area is 136 Å². The van der Waals surface area contributed by atoms with Crippen molar-refractivity contribution in [1.82, 2.24) is 0 Å². The second-order valence-electron chi connectivity index (χ2n) is 6.35. The van der Waals surface area contributed by atoms with Gasteiger partial charge in [0, 0.05) is 0 Å². The SMILES string of the molecule is C=CC1OC(C=C)C2C(=O)N(c3ccc(C(C)C)cc3)C(=O)C12. The van der Waals surface area contributed by atoms with Crippen molar-refractivity contribution in [3.8, 4) is 0 Å². The van der Waals surface area contributed by atoms with E-state index in [1.807, 2.05) is 24.3 Å². The first-order valence-corrected chi connectivity index (χ1v) is 7.88. The Bertz CT molecular complexity index is 630. The molecule has 2 amide bonds. The van der Waals surface area contributed by atoms with E-state index in [0.717, 1.165) is 0 Å². The number of ether oxygens (including phenoxy) is 1. The molecule has 2 fully saturated rings. The van der Waals surface area contributed by atoms with Gasteiger partial charge in [0.05, 0.1) is 29.7 Å². The highest BCUT2D eigenvalue weighted by atomic mass is 16.5. The van der Waals surface area contributed by atoms with E-state index in [1.54, 1.807) is 12.2 Å². The van der Waals surface area contributed by atoms with Crippen molar-refractivity contribution < 1.29 is 14.3 Å². The zero-order chi connectivity index (χ0) is 16.7. The molecule has 2 aliphatic rings. The number of hydrogen-bond donors (Lipinski definition) is 0. The molecule has 2 saturated heterocycles. The van der Waals surface area contributed by atoms with Crippen molar-refractivity contribution in [3.63, 3.8) is 0 Å². The molecule has 0 aromatic heterocycles. The van der Waals surface area contributed by atoms with Crippen LogP contribution < -0.4 is 4.90 Å². The molecule has 1 aromatic carbocycles. The molecule has 0 radical (unpaired) electrons. The van der Waals surface area contributed by atoms with E-state index < -0.39 is 24.0 Å². The van der Waals surface area contributed by atoms with E-state index in [-0.39, 0.29) is 11.8 Å². The van der Waals surface area contributed by atoms with Gasteiger partial charge in [0.15, 0.2) is 0 Å². The Morgan fingerprint density at radius 3 is 1.87 bits per heavy atom. The third-order valence-corrected chi connectivity index (χ3v) is 4.70. The first-order chi connectivity index (χ1) is 11.0. The molecule has 23 heavy (non-hydrogen) atoms. The maximum absolute atomic E-state index is 12.8. The van der Waals surface area contributed by atoms with Gasteiger partial charge in [0.2, 0.25) is 11.8 Å². The molecule has 0 bridgehead atoms. The molecular weight excluding hydrogens is 290 g/mol. The van der Waals surface area contributed by atoms with Gasteiger partial charge in [-0.3, -0.25) is 9.59 Å². The molecule has 0 aliphatic carbocycles. The van der Waals surface area contributed by atoms with Crippen molar-refractivity contribution >= 4 is 17.5 Å². The fourth-order valence-corrected chi connectivity index (χ4v) is 3.42. The summed E-state index contributed by atoms with van der Waals surface area (Å²) in [7, 11) is 0. The fourth-order valence-electron chi connectivity index (χ4n) is 3.42. The van der Waals surface area contributed by atoms with Crippen LogP contribution in [0, 0.1) is 11.8 Å². The predicted octanol–water partition coefficient (Wildman–Crippen LogP) is 3.06. The van der Waals surface area contributed by atoms with Crippen LogP contribution in [0.25, 0.3) is 0 Å². The summed E-state index contributed by atoms with van der Waals surface area (Å²) in [6, 6.07) is 7.58. The average Bonchev–Trinajstić information content (AvgIpc) is 3.04. The van der Waals surface area contributed by atoms with Crippen LogP contribution in [0.1, 0.15) is 25.3 Å². The molecule has 120 valence electrons. The van der Waals surface area contributed by atoms with E-state index in [0.29, 0.717) is 11.6 Å². The zero-order valence-electron chi connectivity index (χ0n) is 13.4. The summed E-state index contributed by atoms with van der Waals surface area (Å²) in [6.07, 6.45) is 2.30. The summed E-state index contributed by atoms with van der Waals surface area (Å²) >= 11 is 0. The quantitative estimate of drug-likeness (QED) is 0.634. The Kier molecular flexibility index (Phi) is 3.94. The van der Waals surface area contributed by atoms with Crippen LogP contribution >= 0.6 is 0 Å². The van der Waals surface area contributed by atoms with E-state index in [4.69, 9.17) is 4.74 Å². The summed E-state index contributed by atoms with van der Waals surface area (Å²) in [4.78, 5) is 26.9. The van der Waals surface area contributed by atoms with Crippen molar-refractivity contribution in [2.24, 2.45) is 11.8 Å². The lowest BCUT2D eigenvalue weighted by Gasteiger charge is -2.20. The molecule has 4 heteroatoms. The number of benzene rings is 1. The predicted molar refractivity (Wildman–Crippen MR) is 89.1 cm³/mol. The average molecular weight is 311 g/mol. The highest BCUT2D eigenvalue weighted by Crippen LogP contribution is 2.43. The molecule has 4 unspecified atom stereocenters. The van der Waals surface area contributed by atoms with Gasteiger partial charge in [-0.05, 0) is 23.6 Å². The monoisotopic (exact) mass is 311 g/mol. The van der Waals surface area contributed by atoms with Gasteiger partial charge in [-0.2, -0.15) is 0 Å². The smallest absolute Gasteiger partial charge is 0.240 e. The van der Waals surface area contributed by atoms with Gasteiger partial charge in [-0.15, -0.1) is 13.2 Å². The summed E-state index contributed by atoms with van der Waals surface area (Å²) in [5.74, 6) is -1.05. The fraction of sp³-hybridized carbons (Fsp3) is 0.368. The van der Waals surface area contributed by atoms with Crippen molar-refractivity contribution in [2.45, 2.75) is 32.0 Å². The highest BCUT2D eigenvalue weighted by molar-refractivity contribution is 6.22. The molecule has 3 rings (SSSR count). The Hall–Kier alpha value is -2.20. The van der Waals surface area contributed by atoms with Crippen molar-refractivity contribution in [3.05, 3.63) is 55.1 Å². The topological polar surface area (TPSA) is 46.6 Å². The van der Waals surface area contributed by atoms with Crippen LogP contribution in [0.5, 0.6) is 0 Å².